The van der Waals surface area contributed by atoms with Crippen molar-refractivity contribution in [3.05, 3.63) is 48.0 Å². The van der Waals surface area contributed by atoms with Gasteiger partial charge in [0.15, 0.2) is 0 Å². The highest BCUT2D eigenvalue weighted by atomic mass is 32.2. The SMILES string of the molecule is COc1ccc([C@H](C)NC(=O)CN(C)S(=O)(=O)c2cc(OC)ccc2OC)cc1. The lowest BCUT2D eigenvalue weighted by Gasteiger charge is -2.21. The molecule has 29 heavy (non-hydrogen) atoms. The third-order valence-electron chi connectivity index (χ3n) is 4.42. The predicted molar refractivity (Wildman–Crippen MR) is 109 cm³/mol. The average molecular weight is 423 g/mol. The summed E-state index contributed by atoms with van der Waals surface area (Å²) in [6.45, 7) is 1.47. The van der Waals surface area contributed by atoms with E-state index in [9.17, 15) is 13.2 Å². The van der Waals surface area contributed by atoms with Crippen LogP contribution in [0.25, 0.3) is 0 Å². The molecule has 0 aliphatic heterocycles. The number of hydrogen-bond donors (Lipinski definition) is 1. The van der Waals surface area contributed by atoms with Gasteiger partial charge in [0.25, 0.3) is 0 Å². The minimum Gasteiger partial charge on any atom is -0.497 e. The zero-order valence-electron chi connectivity index (χ0n) is 17.1. The summed E-state index contributed by atoms with van der Waals surface area (Å²) in [6, 6.07) is 11.4. The van der Waals surface area contributed by atoms with Gasteiger partial charge in [0.1, 0.15) is 22.1 Å². The summed E-state index contributed by atoms with van der Waals surface area (Å²) in [4.78, 5) is 12.3. The maximum absolute atomic E-state index is 12.9. The first-order chi connectivity index (χ1) is 13.7. The van der Waals surface area contributed by atoms with Crippen molar-refractivity contribution in [3.8, 4) is 17.2 Å². The van der Waals surface area contributed by atoms with Crippen LogP contribution in [0.1, 0.15) is 18.5 Å². The Hall–Kier alpha value is -2.78. The molecule has 0 radical (unpaired) electrons. The van der Waals surface area contributed by atoms with Gasteiger partial charge in [-0.15, -0.1) is 0 Å². The van der Waals surface area contributed by atoms with Crippen LogP contribution in [0.15, 0.2) is 47.4 Å². The number of nitrogens with one attached hydrogen (secondary N) is 1. The first kappa shape index (κ1) is 22.5. The van der Waals surface area contributed by atoms with E-state index in [0.29, 0.717) is 11.5 Å². The Morgan fingerprint density at radius 3 is 2.14 bits per heavy atom. The first-order valence-electron chi connectivity index (χ1n) is 8.84. The van der Waals surface area contributed by atoms with Gasteiger partial charge in [0.2, 0.25) is 15.9 Å². The van der Waals surface area contributed by atoms with Crippen LogP contribution in [0.3, 0.4) is 0 Å². The molecule has 0 saturated heterocycles. The zero-order valence-corrected chi connectivity index (χ0v) is 17.9. The van der Waals surface area contributed by atoms with Gasteiger partial charge < -0.3 is 19.5 Å². The van der Waals surface area contributed by atoms with E-state index in [-0.39, 0.29) is 23.2 Å². The van der Waals surface area contributed by atoms with E-state index in [1.807, 2.05) is 19.1 Å². The van der Waals surface area contributed by atoms with Crippen molar-refractivity contribution in [2.75, 3.05) is 34.9 Å². The molecule has 0 heterocycles. The Kier molecular flexibility index (Phi) is 7.46. The number of benzene rings is 2. The van der Waals surface area contributed by atoms with Crippen LogP contribution in [0, 0.1) is 0 Å². The topological polar surface area (TPSA) is 94.2 Å². The zero-order chi connectivity index (χ0) is 21.6. The van der Waals surface area contributed by atoms with Gasteiger partial charge in [-0.2, -0.15) is 4.31 Å². The molecule has 1 atom stereocenters. The van der Waals surface area contributed by atoms with Crippen LogP contribution >= 0.6 is 0 Å². The smallest absolute Gasteiger partial charge is 0.247 e. The minimum absolute atomic E-state index is 0.0714. The van der Waals surface area contributed by atoms with Crippen molar-refractivity contribution in [2.24, 2.45) is 0 Å². The van der Waals surface area contributed by atoms with Gasteiger partial charge in [-0.05, 0) is 36.8 Å². The van der Waals surface area contributed by atoms with Gasteiger partial charge in [-0.3, -0.25) is 4.79 Å². The maximum Gasteiger partial charge on any atom is 0.247 e. The summed E-state index contributed by atoms with van der Waals surface area (Å²) in [5.41, 5.74) is 0.874. The fourth-order valence-electron chi connectivity index (χ4n) is 2.70. The van der Waals surface area contributed by atoms with E-state index in [2.05, 4.69) is 5.32 Å². The molecule has 0 spiro atoms. The summed E-state index contributed by atoms with van der Waals surface area (Å²) in [7, 11) is 1.77. The molecule has 158 valence electrons. The lowest BCUT2D eigenvalue weighted by atomic mass is 10.1. The fraction of sp³-hybridized carbons (Fsp3) is 0.350. The first-order valence-corrected chi connectivity index (χ1v) is 10.3. The number of ether oxygens (including phenoxy) is 3. The summed E-state index contributed by atoms with van der Waals surface area (Å²) in [5.74, 6) is 0.826. The molecule has 0 aliphatic rings. The predicted octanol–water partition coefficient (Wildman–Crippen LogP) is 2.21. The monoisotopic (exact) mass is 422 g/mol. The Morgan fingerprint density at radius 2 is 1.59 bits per heavy atom. The number of sulfonamides is 1. The Balaban J connectivity index is 2.11. The fourth-order valence-corrected chi connectivity index (χ4v) is 4.00. The maximum atomic E-state index is 12.9. The quantitative estimate of drug-likeness (QED) is 0.666. The molecule has 9 heteroatoms. The van der Waals surface area contributed by atoms with Crippen molar-refractivity contribution in [1.29, 1.82) is 0 Å². The molecule has 1 amide bonds. The Labute approximate surface area is 171 Å². The molecule has 0 aromatic heterocycles. The van der Waals surface area contributed by atoms with Crippen LogP contribution in [0.2, 0.25) is 0 Å². The molecule has 2 rings (SSSR count). The molecule has 2 aromatic carbocycles. The summed E-state index contributed by atoms with van der Waals surface area (Å²) < 4.78 is 42.2. The highest BCUT2D eigenvalue weighted by Crippen LogP contribution is 2.30. The van der Waals surface area contributed by atoms with Crippen LogP contribution < -0.4 is 19.5 Å². The van der Waals surface area contributed by atoms with Crippen molar-refractivity contribution < 1.29 is 27.4 Å². The standard InChI is InChI=1S/C20H26N2O6S/c1-14(15-6-8-16(26-3)9-7-15)21-20(23)13-22(2)29(24,25)19-12-17(27-4)10-11-18(19)28-5/h6-12,14H,13H2,1-5H3,(H,21,23)/t14-/m0/s1. The summed E-state index contributed by atoms with van der Waals surface area (Å²) in [6.07, 6.45) is 0. The number of methoxy groups -OCH3 is 3. The molecule has 0 unspecified atom stereocenters. The number of carbonyl (C=O) groups is 1. The van der Waals surface area contributed by atoms with Gasteiger partial charge in [0.05, 0.1) is 33.9 Å². The molecule has 0 saturated carbocycles. The number of rotatable bonds is 9. The molecule has 0 aliphatic carbocycles. The highest BCUT2D eigenvalue weighted by molar-refractivity contribution is 7.89. The van der Waals surface area contributed by atoms with Crippen LogP contribution in [-0.2, 0) is 14.8 Å². The number of carbonyl (C=O) groups excluding carboxylic acids is 1. The molecule has 2 aromatic rings. The van der Waals surface area contributed by atoms with Crippen LogP contribution in [0.5, 0.6) is 17.2 Å². The van der Waals surface area contributed by atoms with Gasteiger partial charge in [-0.1, -0.05) is 12.1 Å². The van der Waals surface area contributed by atoms with Crippen molar-refractivity contribution in [1.82, 2.24) is 9.62 Å². The Bertz CT molecular complexity index is 944. The molecular weight excluding hydrogens is 396 g/mol. The summed E-state index contributed by atoms with van der Waals surface area (Å²) >= 11 is 0. The van der Waals surface area contributed by atoms with E-state index >= 15 is 0 Å². The van der Waals surface area contributed by atoms with Crippen molar-refractivity contribution >= 4 is 15.9 Å². The largest absolute Gasteiger partial charge is 0.497 e. The van der Waals surface area contributed by atoms with E-state index in [0.717, 1.165) is 9.87 Å². The number of hydrogen-bond acceptors (Lipinski definition) is 6. The van der Waals surface area contributed by atoms with E-state index in [4.69, 9.17) is 14.2 Å². The third-order valence-corrected chi connectivity index (χ3v) is 6.24. The number of likely N-dealkylation sites (N-methyl/N-ethyl adjacent to an activating group) is 1. The second kappa shape index (κ2) is 9.62. The molecular formula is C20H26N2O6S. The lowest BCUT2D eigenvalue weighted by molar-refractivity contribution is -0.121. The molecule has 0 bridgehead atoms. The molecule has 0 fully saturated rings. The highest BCUT2D eigenvalue weighted by Gasteiger charge is 2.27. The molecule has 8 nitrogen and oxygen atoms in total. The normalized spacial score (nSPS) is 12.3. The average Bonchev–Trinajstić information content (AvgIpc) is 2.72. The second-order valence-electron chi connectivity index (χ2n) is 6.34. The third kappa shape index (κ3) is 5.39. The van der Waals surface area contributed by atoms with E-state index in [1.54, 1.807) is 25.3 Å². The number of amides is 1. The van der Waals surface area contributed by atoms with Crippen molar-refractivity contribution in [3.63, 3.8) is 0 Å². The second-order valence-corrected chi connectivity index (χ2v) is 8.35. The summed E-state index contributed by atoms with van der Waals surface area (Å²) in [5, 5.41) is 2.80. The van der Waals surface area contributed by atoms with Crippen LogP contribution in [-0.4, -0.2) is 53.6 Å². The Morgan fingerprint density at radius 1 is 1.00 bits per heavy atom. The van der Waals surface area contributed by atoms with Gasteiger partial charge >= 0.3 is 0 Å². The molecule has 1 N–H and O–H groups in total. The van der Waals surface area contributed by atoms with Gasteiger partial charge in [-0.25, -0.2) is 8.42 Å². The lowest BCUT2D eigenvalue weighted by Crippen LogP contribution is -2.39. The number of nitrogens with zero attached hydrogens (tertiary/aromatic N) is 1. The van der Waals surface area contributed by atoms with Crippen molar-refractivity contribution in [2.45, 2.75) is 17.9 Å². The minimum atomic E-state index is -3.97. The van der Waals surface area contributed by atoms with E-state index < -0.39 is 15.9 Å². The van der Waals surface area contributed by atoms with Crippen LogP contribution in [0.4, 0.5) is 0 Å². The van der Waals surface area contributed by atoms with Gasteiger partial charge in [0, 0.05) is 13.1 Å². The van der Waals surface area contributed by atoms with E-state index in [1.165, 1.54) is 33.4 Å².